The number of methoxy groups -OCH3 is 1. The number of carbonyl (C=O) groups is 1. The van der Waals surface area contributed by atoms with Gasteiger partial charge in [0.1, 0.15) is 6.61 Å². The molecule has 0 aliphatic rings. The predicted octanol–water partition coefficient (Wildman–Crippen LogP) is 0.0339. The number of ether oxygens (including phenoxy) is 1. The van der Waals surface area contributed by atoms with E-state index in [1.165, 1.54) is 7.11 Å². The number of carbonyl (C=O) groups excluding carboxylic acids is 1. The first-order chi connectivity index (χ1) is 7.19. The van der Waals surface area contributed by atoms with Crippen molar-refractivity contribution in [2.75, 3.05) is 19.5 Å². The molecule has 0 fully saturated rings. The van der Waals surface area contributed by atoms with Crippen molar-refractivity contribution >= 4 is 28.3 Å². The fourth-order valence-corrected chi connectivity index (χ4v) is 1.16. The van der Waals surface area contributed by atoms with E-state index in [2.05, 4.69) is 19.3 Å². The zero-order valence-corrected chi connectivity index (χ0v) is 9.08. The third-order valence-corrected chi connectivity index (χ3v) is 1.86. The molecule has 0 saturated heterocycles. The van der Waals surface area contributed by atoms with Crippen molar-refractivity contribution < 1.29 is 14.4 Å². The van der Waals surface area contributed by atoms with E-state index in [0.29, 0.717) is 6.61 Å². The van der Waals surface area contributed by atoms with E-state index in [-0.39, 0.29) is 16.7 Å². The summed E-state index contributed by atoms with van der Waals surface area (Å²) < 4.78 is 8.34. The maximum absolute atomic E-state index is 11.3. The molecule has 1 aromatic heterocycles. The smallest absolute Gasteiger partial charge is 0.364 e. The first-order valence-corrected chi connectivity index (χ1v) is 4.84. The molecule has 0 saturated carbocycles. The lowest BCUT2D eigenvalue weighted by Gasteiger charge is -1.99. The van der Waals surface area contributed by atoms with Gasteiger partial charge in [-0.15, -0.1) is 0 Å². The second kappa shape index (κ2) is 5.25. The second-order valence-electron chi connectivity index (χ2n) is 2.31. The van der Waals surface area contributed by atoms with Gasteiger partial charge in [0.15, 0.2) is 5.13 Å². The van der Waals surface area contributed by atoms with Gasteiger partial charge in [0.25, 0.3) is 0 Å². The Hall–Kier alpha value is -1.70. The largest absolute Gasteiger partial charge is 0.464 e. The molecule has 0 aliphatic heterocycles. The molecule has 8 heteroatoms. The quantitative estimate of drug-likeness (QED) is 0.445. The van der Waals surface area contributed by atoms with Crippen molar-refractivity contribution in [3.8, 4) is 0 Å². The highest BCUT2D eigenvalue weighted by Crippen LogP contribution is 2.07. The second-order valence-corrected chi connectivity index (χ2v) is 3.09. The van der Waals surface area contributed by atoms with Crippen molar-refractivity contribution in [2.24, 2.45) is 5.16 Å². The maximum Gasteiger partial charge on any atom is 0.364 e. The topological polar surface area (TPSA) is 99.7 Å². The van der Waals surface area contributed by atoms with Gasteiger partial charge in [-0.1, -0.05) is 5.16 Å². The molecule has 2 N–H and O–H groups in total. The van der Waals surface area contributed by atoms with Crippen LogP contribution in [0.2, 0.25) is 0 Å². The van der Waals surface area contributed by atoms with Gasteiger partial charge in [-0.2, -0.15) is 9.36 Å². The summed E-state index contributed by atoms with van der Waals surface area (Å²) >= 11 is 0.967. The van der Waals surface area contributed by atoms with Crippen molar-refractivity contribution in [2.45, 2.75) is 6.92 Å². The van der Waals surface area contributed by atoms with Crippen LogP contribution in [0, 0.1) is 0 Å². The summed E-state index contributed by atoms with van der Waals surface area (Å²) in [4.78, 5) is 19.8. The van der Waals surface area contributed by atoms with Gasteiger partial charge >= 0.3 is 5.97 Å². The van der Waals surface area contributed by atoms with Crippen LogP contribution in [-0.4, -0.2) is 34.8 Å². The number of aromatic nitrogens is 2. The predicted molar refractivity (Wildman–Crippen MR) is 54.5 cm³/mol. The highest BCUT2D eigenvalue weighted by Gasteiger charge is 2.20. The number of rotatable bonds is 4. The van der Waals surface area contributed by atoms with Gasteiger partial charge < -0.3 is 15.3 Å². The number of hydrogen-bond donors (Lipinski definition) is 1. The van der Waals surface area contributed by atoms with Gasteiger partial charge in [-0.3, -0.25) is 0 Å². The number of esters is 1. The van der Waals surface area contributed by atoms with Crippen LogP contribution in [0.3, 0.4) is 0 Å². The lowest BCUT2D eigenvalue weighted by Crippen LogP contribution is -2.19. The third-order valence-electron chi connectivity index (χ3n) is 1.32. The summed E-state index contributed by atoms with van der Waals surface area (Å²) in [6.45, 7) is 2.07. The molecule has 0 aliphatic carbocycles. The van der Waals surface area contributed by atoms with Crippen molar-refractivity contribution in [3.63, 3.8) is 0 Å². The number of oxime groups is 1. The van der Waals surface area contributed by atoms with Crippen LogP contribution in [0.15, 0.2) is 5.16 Å². The lowest BCUT2D eigenvalue weighted by molar-refractivity contribution is -0.132. The van der Waals surface area contributed by atoms with Gasteiger partial charge in [0.05, 0.1) is 7.11 Å². The standard InChI is InChI=1S/C7H10N4O3S/c1-3-14-10-4(6(12)13-2)5-9-7(8)15-11-5/h3H2,1-2H3,(H2,8,9,11)/b10-4-. The van der Waals surface area contributed by atoms with E-state index >= 15 is 0 Å². The molecule has 1 aromatic rings. The summed E-state index contributed by atoms with van der Waals surface area (Å²) in [6.07, 6.45) is 0. The zero-order chi connectivity index (χ0) is 11.3. The summed E-state index contributed by atoms with van der Waals surface area (Å²) in [7, 11) is 1.24. The zero-order valence-electron chi connectivity index (χ0n) is 8.26. The van der Waals surface area contributed by atoms with Crippen LogP contribution in [0.4, 0.5) is 5.13 Å². The number of nitrogens with zero attached hydrogens (tertiary/aromatic N) is 3. The van der Waals surface area contributed by atoms with Crippen molar-refractivity contribution in [1.29, 1.82) is 0 Å². The van der Waals surface area contributed by atoms with Gasteiger partial charge in [-0.25, -0.2) is 4.79 Å². The molecule has 15 heavy (non-hydrogen) atoms. The van der Waals surface area contributed by atoms with E-state index in [9.17, 15) is 4.79 Å². The number of nitrogen functional groups attached to an aromatic ring is 1. The molecule has 0 unspecified atom stereocenters. The minimum absolute atomic E-state index is 0.0905. The summed E-state index contributed by atoms with van der Waals surface area (Å²) in [6, 6.07) is 0. The van der Waals surface area contributed by atoms with Crippen molar-refractivity contribution in [1.82, 2.24) is 9.36 Å². The van der Waals surface area contributed by atoms with Gasteiger partial charge in [0, 0.05) is 11.5 Å². The van der Waals surface area contributed by atoms with E-state index in [1.54, 1.807) is 6.92 Å². The summed E-state index contributed by atoms with van der Waals surface area (Å²) in [5, 5.41) is 3.81. The molecule has 7 nitrogen and oxygen atoms in total. The molecular weight excluding hydrogens is 220 g/mol. The average molecular weight is 230 g/mol. The van der Waals surface area contributed by atoms with E-state index < -0.39 is 5.97 Å². The third kappa shape index (κ3) is 2.88. The van der Waals surface area contributed by atoms with Crippen LogP contribution < -0.4 is 5.73 Å². The fourth-order valence-electron chi connectivity index (χ4n) is 0.727. The highest BCUT2D eigenvalue weighted by atomic mass is 32.1. The first-order valence-electron chi connectivity index (χ1n) is 4.06. The summed E-state index contributed by atoms with van der Waals surface area (Å²) in [5.74, 6) is -0.556. The van der Waals surface area contributed by atoms with Crippen molar-refractivity contribution in [3.05, 3.63) is 5.82 Å². The minimum atomic E-state index is -0.666. The monoisotopic (exact) mass is 230 g/mol. The summed E-state index contributed by atoms with van der Waals surface area (Å²) in [5.41, 5.74) is 5.29. The number of hydrogen-bond acceptors (Lipinski definition) is 8. The molecule has 1 heterocycles. The molecule has 0 spiro atoms. The Morgan fingerprint density at radius 2 is 2.40 bits per heavy atom. The Morgan fingerprint density at radius 3 is 2.87 bits per heavy atom. The molecule has 82 valence electrons. The number of nitrogens with two attached hydrogens (primary N) is 1. The Labute approximate surface area is 90.1 Å². The van der Waals surface area contributed by atoms with Crippen LogP contribution >= 0.6 is 11.5 Å². The molecular formula is C7H10N4O3S. The highest BCUT2D eigenvalue weighted by molar-refractivity contribution is 7.09. The van der Waals surface area contributed by atoms with Crippen LogP contribution in [0.1, 0.15) is 12.7 Å². The Kier molecular flexibility index (Phi) is 3.98. The van der Waals surface area contributed by atoms with E-state index in [4.69, 9.17) is 10.6 Å². The maximum atomic E-state index is 11.3. The molecule has 0 atom stereocenters. The number of anilines is 1. The Morgan fingerprint density at radius 1 is 1.67 bits per heavy atom. The molecule has 0 amide bonds. The van der Waals surface area contributed by atoms with Gasteiger partial charge in [-0.05, 0) is 6.92 Å². The Bertz CT molecular complexity index is 376. The van der Waals surface area contributed by atoms with Crippen LogP contribution in [0.5, 0.6) is 0 Å². The average Bonchev–Trinajstić information content (AvgIpc) is 2.65. The first kappa shape index (κ1) is 11.4. The Balaban J connectivity index is 2.95. The van der Waals surface area contributed by atoms with E-state index in [0.717, 1.165) is 11.5 Å². The lowest BCUT2D eigenvalue weighted by atomic mass is 10.4. The minimum Gasteiger partial charge on any atom is -0.464 e. The molecule has 0 aromatic carbocycles. The van der Waals surface area contributed by atoms with Crippen LogP contribution in [-0.2, 0) is 14.4 Å². The fraction of sp³-hybridized carbons (Fsp3) is 0.429. The molecule has 0 radical (unpaired) electrons. The van der Waals surface area contributed by atoms with E-state index in [1.807, 2.05) is 0 Å². The molecule has 0 bridgehead atoms. The molecule has 1 rings (SSSR count). The normalized spacial score (nSPS) is 11.2. The van der Waals surface area contributed by atoms with Crippen LogP contribution in [0.25, 0.3) is 0 Å². The SMILES string of the molecule is CCO/N=C(\C(=O)OC)c1nsc(N)n1. The van der Waals surface area contributed by atoms with Gasteiger partial charge in [0.2, 0.25) is 11.5 Å².